The van der Waals surface area contributed by atoms with Gasteiger partial charge in [0.2, 0.25) is 5.91 Å². The van der Waals surface area contributed by atoms with Crippen LogP contribution in [0.15, 0.2) is 12.7 Å². The van der Waals surface area contributed by atoms with Gasteiger partial charge in [-0.3, -0.25) is 9.59 Å². The highest BCUT2D eigenvalue weighted by molar-refractivity contribution is 5.77. The number of allylic oxidation sites excluding steroid dienone is 1. The minimum atomic E-state index is -0.839. The highest BCUT2D eigenvalue weighted by Gasteiger charge is 2.14. The number of unbranched alkanes of at least 4 members (excludes halogenated alkanes) is 8. The van der Waals surface area contributed by atoms with Gasteiger partial charge in [-0.25, -0.2) is 0 Å². The zero-order valence-corrected chi connectivity index (χ0v) is 14.9. The first kappa shape index (κ1) is 21.7. The molecule has 0 bridgehead atoms. The van der Waals surface area contributed by atoms with E-state index in [1.807, 2.05) is 6.08 Å². The van der Waals surface area contributed by atoms with Crippen LogP contribution in [0, 0.1) is 0 Å². The molecule has 4 heteroatoms. The number of aliphatic carboxylic acids is 1. The highest BCUT2D eigenvalue weighted by Crippen LogP contribution is 2.10. The van der Waals surface area contributed by atoms with Crippen LogP contribution in [0.5, 0.6) is 0 Å². The number of carbonyl (C=O) groups excluding carboxylic acids is 1. The fraction of sp³-hybridized carbons (Fsp3) is 0.789. The van der Waals surface area contributed by atoms with Crippen LogP contribution in [0.1, 0.15) is 84.0 Å². The van der Waals surface area contributed by atoms with Gasteiger partial charge < -0.3 is 10.0 Å². The van der Waals surface area contributed by atoms with Gasteiger partial charge in [-0.1, -0.05) is 51.5 Å². The van der Waals surface area contributed by atoms with Gasteiger partial charge in [-0.05, 0) is 25.7 Å². The molecule has 134 valence electrons. The molecule has 0 atom stereocenters. The number of carbonyl (C=O) groups is 2. The molecule has 0 aromatic carbocycles. The molecule has 0 saturated heterocycles. The lowest BCUT2D eigenvalue weighted by Crippen LogP contribution is -2.33. The summed E-state index contributed by atoms with van der Waals surface area (Å²) in [5, 5.41) is 8.83. The SMILES string of the molecule is C=CCCCCC(=O)N(CCCCCCCCC)CCC(=O)O. The van der Waals surface area contributed by atoms with Gasteiger partial charge in [0.05, 0.1) is 6.42 Å². The third-order valence-corrected chi connectivity index (χ3v) is 4.03. The van der Waals surface area contributed by atoms with Crippen LogP contribution in [-0.2, 0) is 9.59 Å². The van der Waals surface area contributed by atoms with E-state index in [0.717, 1.165) is 32.1 Å². The summed E-state index contributed by atoms with van der Waals surface area (Å²) >= 11 is 0. The average molecular weight is 325 g/mol. The highest BCUT2D eigenvalue weighted by atomic mass is 16.4. The third kappa shape index (κ3) is 14.0. The molecule has 1 N–H and O–H groups in total. The van der Waals surface area contributed by atoms with Crippen LogP contribution in [0.25, 0.3) is 0 Å². The van der Waals surface area contributed by atoms with E-state index in [1.54, 1.807) is 4.90 Å². The first-order valence-corrected chi connectivity index (χ1v) is 9.22. The van der Waals surface area contributed by atoms with Crippen molar-refractivity contribution in [3.05, 3.63) is 12.7 Å². The minimum Gasteiger partial charge on any atom is -0.481 e. The van der Waals surface area contributed by atoms with Gasteiger partial charge in [0.1, 0.15) is 0 Å². The topological polar surface area (TPSA) is 57.6 Å². The zero-order chi connectivity index (χ0) is 17.3. The Labute approximate surface area is 141 Å². The fourth-order valence-electron chi connectivity index (χ4n) is 2.57. The Morgan fingerprint density at radius 3 is 2.17 bits per heavy atom. The van der Waals surface area contributed by atoms with Crippen molar-refractivity contribution in [2.75, 3.05) is 13.1 Å². The first-order chi connectivity index (χ1) is 11.1. The number of hydrogen-bond acceptors (Lipinski definition) is 2. The summed E-state index contributed by atoms with van der Waals surface area (Å²) in [6.45, 7) is 6.92. The predicted molar refractivity (Wildman–Crippen MR) is 95.5 cm³/mol. The number of hydrogen-bond donors (Lipinski definition) is 1. The number of nitrogens with zero attached hydrogens (tertiary/aromatic N) is 1. The molecule has 0 aliphatic carbocycles. The van der Waals surface area contributed by atoms with Crippen LogP contribution >= 0.6 is 0 Å². The summed E-state index contributed by atoms with van der Waals surface area (Å²) in [5.41, 5.74) is 0. The van der Waals surface area contributed by atoms with Gasteiger partial charge in [0.15, 0.2) is 0 Å². The van der Waals surface area contributed by atoms with Gasteiger partial charge in [0, 0.05) is 19.5 Å². The maximum atomic E-state index is 12.2. The van der Waals surface area contributed by atoms with Crippen molar-refractivity contribution in [3.8, 4) is 0 Å². The van der Waals surface area contributed by atoms with Crippen LogP contribution in [0.2, 0.25) is 0 Å². The maximum absolute atomic E-state index is 12.2. The standard InChI is InChI=1S/C19H35NO3/c1-3-5-7-9-10-11-13-16-20(17-15-19(22)23)18(21)14-12-8-6-4-2/h4H,2-3,5-17H2,1H3,(H,22,23). The zero-order valence-electron chi connectivity index (χ0n) is 14.9. The van der Waals surface area contributed by atoms with E-state index < -0.39 is 5.97 Å². The van der Waals surface area contributed by atoms with E-state index in [-0.39, 0.29) is 12.3 Å². The second kappa shape index (κ2) is 15.6. The molecule has 0 aliphatic heterocycles. The van der Waals surface area contributed by atoms with Gasteiger partial charge >= 0.3 is 5.97 Å². The monoisotopic (exact) mass is 325 g/mol. The molecule has 0 radical (unpaired) electrons. The summed E-state index contributed by atoms with van der Waals surface area (Å²) in [5.74, 6) is -0.740. The van der Waals surface area contributed by atoms with Crippen molar-refractivity contribution in [1.82, 2.24) is 4.90 Å². The Kier molecular flexibility index (Phi) is 14.7. The normalized spacial score (nSPS) is 10.5. The smallest absolute Gasteiger partial charge is 0.305 e. The molecule has 0 spiro atoms. The van der Waals surface area contributed by atoms with Gasteiger partial charge in [-0.2, -0.15) is 0 Å². The summed E-state index contributed by atoms with van der Waals surface area (Å²) in [6.07, 6.45) is 13.6. The maximum Gasteiger partial charge on any atom is 0.305 e. The first-order valence-electron chi connectivity index (χ1n) is 9.22. The quantitative estimate of drug-likeness (QED) is 0.328. The van der Waals surface area contributed by atoms with Gasteiger partial charge in [0.25, 0.3) is 0 Å². The Balaban J connectivity index is 4.00. The van der Waals surface area contributed by atoms with E-state index >= 15 is 0 Å². The molecule has 0 aliphatic rings. The molecule has 1 amide bonds. The van der Waals surface area contributed by atoms with Crippen molar-refractivity contribution >= 4 is 11.9 Å². The summed E-state index contributed by atoms with van der Waals surface area (Å²) < 4.78 is 0. The van der Waals surface area contributed by atoms with Crippen molar-refractivity contribution < 1.29 is 14.7 Å². The molecule has 0 rings (SSSR count). The van der Waals surface area contributed by atoms with E-state index in [4.69, 9.17) is 5.11 Å². The number of rotatable bonds is 16. The van der Waals surface area contributed by atoms with Crippen LogP contribution in [0.3, 0.4) is 0 Å². The largest absolute Gasteiger partial charge is 0.481 e. The Morgan fingerprint density at radius 2 is 1.57 bits per heavy atom. The Morgan fingerprint density at radius 1 is 0.913 bits per heavy atom. The predicted octanol–water partition coefficient (Wildman–Crippen LogP) is 4.79. The van der Waals surface area contributed by atoms with E-state index in [2.05, 4.69) is 13.5 Å². The average Bonchev–Trinajstić information content (AvgIpc) is 2.53. The molecule has 0 unspecified atom stereocenters. The molecule has 0 fully saturated rings. The molecule has 0 aromatic rings. The Hall–Kier alpha value is -1.32. The molecular weight excluding hydrogens is 290 g/mol. The molecule has 0 heterocycles. The third-order valence-electron chi connectivity index (χ3n) is 4.03. The molecule has 4 nitrogen and oxygen atoms in total. The van der Waals surface area contributed by atoms with E-state index in [1.165, 1.54) is 32.1 Å². The lowest BCUT2D eigenvalue weighted by Gasteiger charge is -2.22. The van der Waals surface area contributed by atoms with Crippen LogP contribution < -0.4 is 0 Å². The van der Waals surface area contributed by atoms with E-state index in [0.29, 0.717) is 19.5 Å². The van der Waals surface area contributed by atoms with Crippen LogP contribution in [0.4, 0.5) is 0 Å². The van der Waals surface area contributed by atoms with Crippen molar-refractivity contribution in [3.63, 3.8) is 0 Å². The van der Waals surface area contributed by atoms with Gasteiger partial charge in [-0.15, -0.1) is 6.58 Å². The number of carboxylic acid groups (broad SMARTS) is 1. The lowest BCUT2D eigenvalue weighted by atomic mass is 10.1. The van der Waals surface area contributed by atoms with Crippen molar-refractivity contribution in [2.45, 2.75) is 84.0 Å². The molecule has 23 heavy (non-hydrogen) atoms. The lowest BCUT2D eigenvalue weighted by molar-refractivity contribution is -0.138. The molecule has 0 saturated carbocycles. The molecular formula is C19H35NO3. The number of carboxylic acids is 1. The summed E-state index contributed by atoms with van der Waals surface area (Å²) in [6, 6.07) is 0. The van der Waals surface area contributed by atoms with Crippen LogP contribution in [-0.4, -0.2) is 35.0 Å². The summed E-state index contributed by atoms with van der Waals surface area (Å²) in [4.78, 5) is 24.7. The second-order valence-corrected chi connectivity index (χ2v) is 6.18. The minimum absolute atomic E-state index is 0.0366. The van der Waals surface area contributed by atoms with Crippen molar-refractivity contribution in [2.24, 2.45) is 0 Å². The van der Waals surface area contributed by atoms with Crippen molar-refractivity contribution in [1.29, 1.82) is 0 Å². The van der Waals surface area contributed by atoms with E-state index in [9.17, 15) is 9.59 Å². The second-order valence-electron chi connectivity index (χ2n) is 6.18. The Bertz CT molecular complexity index is 329. The fourth-order valence-corrected chi connectivity index (χ4v) is 2.57. The number of amides is 1. The summed E-state index contributed by atoms with van der Waals surface area (Å²) in [7, 11) is 0. The molecule has 0 aromatic heterocycles.